The van der Waals surface area contributed by atoms with Crippen LogP contribution in [-0.2, 0) is 11.2 Å². The summed E-state index contributed by atoms with van der Waals surface area (Å²) in [7, 11) is 0. The van der Waals surface area contributed by atoms with E-state index in [1.54, 1.807) is 4.88 Å². The number of halogens is 1. The Morgan fingerprint density at radius 1 is 1.35 bits per heavy atom. The molecule has 6 heteroatoms. The van der Waals surface area contributed by atoms with E-state index < -0.39 is 5.60 Å². The van der Waals surface area contributed by atoms with E-state index in [9.17, 15) is 4.79 Å². The summed E-state index contributed by atoms with van der Waals surface area (Å²) < 4.78 is 6.70. The molecule has 1 amide bonds. The fourth-order valence-corrected chi connectivity index (χ4v) is 5.44. The number of ether oxygens (including phenoxy) is 1. The predicted octanol–water partition coefficient (Wildman–Crippen LogP) is 4.38. The average molecular weight is 448 g/mol. The van der Waals surface area contributed by atoms with Gasteiger partial charge in [-0.15, -0.1) is 11.3 Å². The standard InChI is InChI=1S/C17H25IN2O2S/c1-17(2,3)22-16(21)20-11-7-10(8-11)19-13-5-4-6-14-12(13)9-15(18)23-14/h9-11,13,19H,4-8H2,1-3H3,(H,20,21). The molecule has 23 heavy (non-hydrogen) atoms. The number of thiophene rings is 1. The number of carbonyl (C=O) groups excluding carboxylic acids is 1. The van der Waals surface area contributed by atoms with Gasteiger partial charge in [-0.3, -0.25) is 0 Å². The summed E-state index contributed by atoms with van der Waals surface area (Å²) >= 11 is 4.36. The summed E-state index contributed by atoms with van der Waals surface area (Å²) in [5.41, 5.74) is 1.08. The van der Waals surface area contributed by atoms with Crippen LogP contribution in [0.2, 0.25) is 0 Å². The summed E-state index contributed by atoms with van der Waals surface area (Å²) in [6, 6.07) is 3.58. The number of nitrogens with one attached hydrogen (secondary N) is 2. The van der Waals surface area contributed by atoms with Crippen molar-refractivity contribution in [2.75, 3.05) is 0 Å². The minimum absolute atomic E-state index is 0.244. The Hall–Kier alpha value is -0.340. The van der Waals surface area contributed by atoms with Crippen LogP contribution in [0.5, 0.6) is 0 Å². The minimum Gasteiger partial charge on any atom is -0.444 e. The van der Waals surface area contributed by atoms with Gasteiger partial charge in [0.25, 0.3) is 0 Å². The Bertz CT molecular complexity index is 576. The Morgan fingerprint density at radius 2 is 2.09 bits per heavy atom. The zero-order chi connectivity index (χ0) is 16.6. The van der Waals surface area contributed by atoms with Crippen LogP contribution in [0.25, 0.3) is 0 Å². The lowest BCUT2D eigenvalue weighted by Crippen LogP contribution is -2.53. The summed E-state index contributed by atoms with van der Waals surface area (Å²) in [4.78, 5) is 13.3. The van der Waals surface area contributed by atoms with Crippen LogP contribution >= 0.6 is 33.9 Å². The van der Waals surface area contributed by atoms with E-state index in [2.05, 4.69) is 39.3 Å². The number of fused-ring (bicyclic) bond motifs is 1. The van der Waals surface area contributed by atoms with Gasteiger partial charge >= 0.3 is 6.09 Å². The third-order valence-corrected chi connectivity index (χ3v) is 6.35. The molecule has 1 heterocycles. The van der Waals surface area contributed by atoms with Gasteiger partial charge in [0.05, 0.1) is 2.88 Å². The van der Waals surface area contributed by atoms with Crippen molar-refractivity contribution in [1.82, 2.24) is 10.6 Å². The van der Waals surface area contributed by atoms with Gasteiger partial charge < -0.3 is 15.4 Å². The van der Waals surface area contributed by atoms with Gasteiger partial charge in [0.2, 0.25) is 0 Å². The SMILES string of the molecule is CC(C)(C)OC(=O)NC1CC(NC2CCCc3sc(I)cc32)C1. The highest BCUT2D eigenvalue weighted by molar-refractivity contribution is 14.1. The van der Waals surface area contributed by atoms with E-state index in [-0.39, 0.29) is 12.1 Å². The molecule has 3 rings (SSSR count). The predicted molar refractivity (Wildman–Crippen MR) is 102 cm³/mol. The first-order chi connectivity index (χ1) is 10.8. The molecule has 0 spiro atoms. The molecule has 1 atom stereocenters. The van der Waals surface area contributed by atoms with Gasteiger partial charge in [0.1, 0.15) is 5.60 Å². The summed E-state index contributed by atoms with van der Waals surface area (Å²) in [5.74, 6) is 0. The Kier molecular flexibility index (Phi) is 5.23. The number of aryl methyl sites for hydroxylation is 1. The van der Waals surface area contributed by atoms with Gasteiger partial charge in [0, 0.05) is 23.0 Å². The highest BCUT2D eigenvalue weighted by Gasteiger charge is 2.34. The molecule has 1 aromatic rings. The van der Waals surface area contributed by atoms with E-state index in [0.29, 0.717) is 12.1 Å². The van der Waals surface area contributed by atoms with Crippen LogP contribution < -0.4 is 10.6 Å². The fourth-order valence-electron chi connectivity index (χ4n) is 3.33. The van der Waals surface area contributed by atoms with Crippen molar-refractivity contribution in [2.45, 2.75) is 76.6 Å². The quantitative estimate of drug-likeness (QED) is 0.676. The number of alkyl carbamates (subject to hydrolysis) is 1. The second-order valence-corrected chi connectivity index (χ2v) is 10.6. The van der Waals surface area contributed by atoms with Crippen LogP contribution in [0.3, 0.4) is 0 Å². The highest BCUT2D eigenvalue weighted by atomic mass is 127. The van der Waals surface area contributed by atoms with Gasteiger partial charge in [0.15, 0.2) is 0 Å². The van der Waals surface area contributed by atoms with Crippen molar-refractivity contribution in [1.29, 1.82) is 0 Å². The Labute approximate surface area is 155 Å². The van der Waals surface area contributed by atoms with E-state index in [0.717, 1.165) is 12.8 Å². The first-order valence-corrected chi connectivity index (χ1v) is 10.2. The maximum absolute atomic E-state index is 11.8. The molecule has 0 radical (unpaired) electrons. The third-order valence-electron chi connectivity index (χ3n) is 4.38. The molecule has 0 aromatic carbocycles. The number of amides is 1. The van der Waals surface area contributed by atoms with Crippen molar-refractivity contribution in [3.63, 3.8) is 0 Å². The zero-order valence-corrected chi connectivity index (χ0v) is 16.9. The van der Waals surface area contributed by atoms with Crippen molar-refractivity contribution in [2.24, 2.45) is 0 Å². The molecule has 1 unspecified atom stereocenters. The van der Waals surface area contributed by atoms with Gasteiger partial charge in [-0.2, -0.15) is 0 Å². The lowest BCUT2D eigenvalue weighted by atomic mass is 9.84. The summed E-state index contributed by atoms with van der Waals surface area (Å²) in [6.45, 7) is 5.67. The molecule has 1 saturated carbocycles. The molecule has 1 fully saturated rings. The lowest BCUT2D eigenvalue weighted by molar-refractivity contribution is 0.0462. The number of carbonyl (C=O) groups is 1. The second-order valence-electron chi connectivity index (χ2n) is 7.55. The van der Waals surface area contributed by atoms with Crippen LogP contribution in [0, 0.1) is 2.88 Å². The smallest absolute Gasteiger partial charge is 0.407 e. The van der Waals surface area contributed by atoms with Gasteiger partial charge in [-0.1, -0.05) is 0 Å². The van der Waals surface area contributed by atoms with Crippen LogP contribution in [0.1, 0.15) is 62.9 Å². The molecule has 2 aliphatic carbocycles. The minimum atomic E-state index is -0.430. The lowest BCUT2D eigenvalue weighted by Gasteiger charge is -2.39. The fraction of sp³-hybridized carbons (Fsp3) is 0.706. The van der Waals surface area contributed by atoms with E-state index in [4.69, 9.17) is 4.74 Å². The first kappa shape index (κ1) is 17.5. The molecular weight excluding hydrogens is 423 g/mol. The van der Waals surface area contributed by atoms with Gasteiger partial charge in [-0.05, 0) is 87.1 Å². The molecular formula is C17H25IN2O2S. The van der Waals surface area contributed by atoms with Crippen LogP contribution in [-0.4, -0.2) is 23.8 Å². The third kappa shape index (κ3) is 4.60. The maximum Gasteiger partial charge on any atom is 0.407 e. The average Bonchev–Trinajstić information content (AvgIpc) is 2.75. The van der Waals surface area contributed by atoms with Crippen LogP contribution in [0.15, 0.2) is 6.07 Å². The van der Waals surface area contributed by atoms with Crippen molar-refractivity contribution < 1.29 is 9.53 Å². The zero-order valence-electron chi connectivity index (χ0n) is 13.9. The van der Waals surface area contributed by atoms with Crippen LogP contribution in [0.4, 0.5) is 4.79 Å². The van der Waals surface area contributed by atoms with Crippen molar-refractivity contribution in [3.05, 3.63) is 19.4 Å². The molecule has 2 aliphatic rings. The largest absolute Gasteiger partial charge is 0.444 e. The summed E-state index contributed by atoms with van der Waals surface area (Å²) in [5, 5.41) is 6.75. The monoisotopic (exact) mass is 448 g/mol. The number of hydrogen-bond acceptors (Lipinski definition) is 4. The van der Waals surface area contributed by atoms with Crippen molar-refractivity contribution >= 4 is 40.0 Å². The molecule has 128 valence electrons. The first-order valence-electron chi connectivity index (χ1n) is 8.34. The topological polar surface area (TPSA) is 50.4 Å². The summed E-state index contributed by atoms with van der Waals surface area (Å²) in [6.07, 6.45) is 5.41. The molecule has 1 aromatic heterocycles. The number of rotatable bonds is 3. The molecule has 2 N–H and O–H groups in total. The van der Waals surface area contributed by atoms with Crippen molar-refractivity contribution in [3.8, 4) is 0 Å². The molecule has 4 nitrogen and oxygen atoms in total. The molecule has 0 aliphatic heterocycles. The Balaban J connectivity index is 1.45. The normalized spacial score (nSPS) is 27.0. The Morgan fingerprint density at radius 3 is 2.78 bits per heavy atom. The van der Waals surface area contributed by atoms with E-state index in [1.807, 2.05) is 32.1 Å². The molecule has 0 bridgehead atoms. The van der Waals surface area contributed by atoms with Gasteiger partial charge in [-0.25, -0.2) is 4.79 Å². The van der Waals surface area contributed by atoms with E-state index in [1.165, 1.54) is 27.7 Å². The maximum atomic E-state index is 11.8. The second kappa shape index (κ2) is 6.88. The highest BCUT2D eigenvalue weighted by Crippen LogP contribution is 2.37. The number of hydrogen-bond donors (Lipinski definition) is 2. The van der Waals surface area contributed by atoms with E-state index >= 15 is 0 Å². The molecule has 0 saturated heterocycles.